The van der Waals surface area contributed by atoms with E-state index in [-0.39, 0.29) is 10.9 Å². The van der Waals surface area contributed by atoms with Crippen LogP contribution < -0.4 is 0 Å². The van der Waals surface area contributed by atoms with E-state index < -0.39 is 15.8 Å². The lowest BCUT2D eigenvalue weighted by molar-refractivity contribution is 0.107. The van der Waals surface area contributed by atoms with E-state index in [4.69, 9.17) is 4.74 Å². The highest BCUT2D eigenvalue weighted by Crippen LogP contribution is 2.38. The van der Waals surface area contributed by atoms with E-state index >= 15 is 0 Å². The van der Waals surface area contributed by atoms with Crippen molar-refractivity contribution in [2.75, 3.05) is 13.2 Å². The number of halogens is 1. The van der Waals surface area contributed by atoms with E-state index in [1.54, 1.807) is 0 Å². The summed E-state index contributed by atoms with van der Waals surface area (Å²) < 4.78 is 48.6. The topological polar surface area (TPSA) is 64.4 Å². The predicted molar refractivity (Wildman–Crippen MR) is 93.5 cm³/mol. The van der Waals surface area contributed by atoms with Crippen molar-refractivity contribution in [2.45, 2.75) is 43.2 Å². The second-order valence-corrected chi connectivity index (χ2v) is 8.71. The molecule has 140 valence electrons. The average molecular weight is 379 g/mol. The first kappa shape index (κ1) is 17.6. The van der Waals surface area contributed by atoms with E-state index in [1.165, 1.54) is 28.6 Å². The maximum Gasteiger partial charge on any atom is 0.243 e. The summed E-state index contributed by atoms with van der Waals surface area (Å²) in [5, 5.41) is 4.66. The van der Waals surface area contributed by atoms with Crippen LogP contribution in [0.5, 0.6) is 0 Å². The average Bonchev–Trinajstić information content (AvgIpc) is 2.99. The van der Waals surface area contributed by atoms with Gasteiger partial charge in [0.2, 0.25) is 10.0 Å². The second-order valence-electron chi connectivity index (χ2n) is 6.82. The quantitative estimate of drug-likeness (QED) is 0.822. The summed E-state index contributed by atoms with van der Waals surface area (Å²) in [5.41, 5.74) is 2.94. The Morgan fingerprint density at radius 3 is 2.77 bits per heavy atom. The van der Waals surface area contributed by atoms with Gasteiger partial charge in [0.05, 0.1) is 29.8 Å². The molecule has 1 aromatic heterocycles. The van der Waals surface area contributed by atoms with E-state index in [9.17, 15) is 12.8 Å². The Kier molecular flexibility index (Phi) is 4.58. The van der Waals surface area contributed by atoms with E-state index in [0.29, 0.717) is 19.8 Å². The standard InChI is InChI=1S/C18H22FN3O3S/c1-21-16-9-11-25-12-15(16)18(20-21)17-4-2-3-10-22(17)26(23,24)14-7-5-13(19)6-8-14/h5-8,17H,2-4,9-12H2,1H3/t17-/m0/s1. The van der Waals surface area contributed by atoms with Gasteiger partial charge in [-0.2, -0.15) is 9.40 Å². The smallest absolute Gasteiger partial charge is 0.243 e. The lowest BCUT2D eigenvalue weighted by Gasteiger charge is -2.34. The van der Waals surface area contributed by atoms with Gasteiger partial charge in [-0.1, -0.05) is 6.42 Å². The van der Waals surface area contributed by atoms with Gasteiger partial charge in [0.15, 0.2) is 0 Å². The molecule has 0 N–H and O–H groups in total. The summed E-state index contributed by atoms with van der Waals surface area (Å²) in [6.07, 6.45) is 3.27. The highest BCUT2D eigenvalue weighted by Gasteiger charge is 2.38. The third-order valence-electron chi connectivity index (χ3n) is 5.23. The van der Waals surface area contributed by atoms with E-state index in [2.05, 4.69) is 5.10 Å². The molecule has 6 nitrogen and oxygen atoms in total. The van der Waals surface area contributed by atoms with Crippen LogP contribution in [0.3, 0.4) is 0 Å². The van der Waals surface area contributed by atoms with Gasteiger partial charge in [0.1, 0.15) is 5.82 Å². The number of nitrogens with zero attached hydrogens (tertiary/aromatic N) is 3. The first-order chi connectivity index (χ1) is 12.5. The molecule has 1 fully saturated rings. The van der Waals surface area contributed by atoms with Gasteiger partial charge in [-0.05, 0) is 37.1 Å². The molecule has 0 unspecified atom stereocenters. The largest absolute Gasteiger partial charge is 0.376 e. The molecule has 0 saturated carbocycles. The Morgan fingerprint density at radius 2 is 2.00 bits per heavy atom. The van der Waals surface area contributed by atoms with Crippen molar-refractivity contribution in [1.29, 1.82) is 0 Å². The molecule has 26 heavy (non-hydrogen) atoms. The molecule has 1 atom stereocenters. The van der Waals surface area contributed by atoms with Crippen molar-refractivity contribution in [3.8, 4) is 0 Å². The van der Waals surface area contributed by atoms with Crippen molar-refractivity contribution in [1.82, 2.24) is 14.1 Å². The summed E-state index contributed by atoms with van der Waals surface area (Å²) in [6.45, 7) is 1.57. The molecule has 2 aliphatic rings. The van der Waals surface area contributed by atoms with Crippen LogP contribution in [-0.2, 0) is 34.8 Å². The van der Waals surface area contributed by atoms with Crippen molar-refractivity contribution in [3.63, 3.8) is 0 Å². The zero-order valence-corrected chi connectivity index (χ0v) is 15.5. The molecule has 1 saturated heterocycles. The SMILES string of the molecule is Cn1nc([C@@H]2CCCCN2S(=O)(=O)c2ccc(F)cc2)c2c1CCOC2. The molecule has 3 heterocycles. The third-order valence-corrected chi connectivity index (χ3v) is 7.15. The first-order valence-electron chi connectivity index (χ1n) is 8.88. The Labute approximate surface area is 152 Å². The van der Waals surface area contributed by atoms with Crippen molar-refractivity contribution in [2.24, 2.45) is 7.05 Å². The Bertz CT molecular complexity index is 909. The van der Waals surface area contributed by atoms with Crippen LogP contribution >= 0.6 is 0 Å². The number of ether oxygens (including phenoxy) is 1. The van der Waals surface area contributed by atoms with Crippen molar-refractivity contribution < 1.29 is 17.5 Å². The van der Waals surface area contributed by atoms with Crippen molar-refractivity contribution in [3.05, 3.63) is 47.0 Å². The number of hydrogen-bond acceptors (Lipinski definition) is 4. The van der Waals surface area contributed by atoms with Gasteiger partial charge in [-0.3, -0.25) is 4.68 Å². The Morgan fingerprint density at radius 1 is 1.23 bits per heavy atom. The van der Waals surface area contributed by atoms with Crippen LogP contribution in [0.25, 0.3) is 0 Å². The molecule has 0 spiro atoms. The van der Waals surface area contributed by atoms with Gasteiger partial charge in [-0.15, -0.1) is 0 Å². The number of aryl methyl sites for hydroxylation is 1. The van der Waals surface area contributed by atoms with E-state index in [0.717, 1.165) is 42.6 Å². The van der Waals surface area contributed by atoms with Crippen LogP contribution in [0, 0.1) is 5.82 Å². The van der Waals surface area contributed by atoms with Crippen LogP contribution in [0.15, 0.2) is 29.2 Å². The molecule has 0 radical (unpaired) electrons. The zero-order valence-electron chi connectivity index (χ0n) is 14.7. The normalized spacial score (nSPS) is 21.5. The Hall–Kier alpha value is -1.77. The maximum atomic E-state index is 13.2. The monoisotopic (exact) mass is 379 g/mol. The Balaban J connectivity index is 1.75. The first-order valence-corrected chi connectivity index (χ1v) is 10.3. The minimum absolute atomic E-state index is 0.117. The molecular formula is C18H22FN3O3S. The lowest BCUT2D eigenvalue weighted by atomic mass is 9.97. The summed E-state index contributed by atoms with van der Waals surface area (Å²) in [7, 11) is -1.82. The van der Waals surface area contributed by atoms with Crippen LogP contribution in [0.2, 0.25) is 0 Å². The highest BCUT2D eigenvalue weighted by atomic mass is 32.2. The third kappa shape index (κ3) is 2.95. The molecule has 8 heteroatoms. The lowest BCUT2D eigenvalue weighted by Crippen LogP contribution is -2.39. The second kappa shape index (κ2) is 6.75. The number of hydrogen-bond donors (Lipinski definition) is 0. The minimum atomic E-state index is -3.72. The van der Waals surface area contributed by atoms with Gasteiger partial charge >= 0.3 is 0 Å². The summed E-state index contributed by atoms with van der Waals surface area (Å²) in [4.78, 5) is 0.117. The fourth-order valence-electron chi connectivity index (χ4n) is 3.91. The molecule has 0 bridgehead atoms. The fourth-order valence-corrected chi connectivity index (χ4v) is 5.57. The summed E-state index contributed by atoms with van der Waals surface area (Å²) in [6, 6.07) is 4.71. The van der Waals surface area contributed by atoms with Crippen molar-refractivity contribution >= 4 is 10.0 Å². The predicted octanol–water partition coefficient (Wildman–Crippen LogP) is 2.55. The number of rotatable bonds is 3. The minimum Gasteiger partial charge on any atom is -0.376 e. The van der Waals surface area contributed by atoms with Gasteiger partial charge in [0, 0.05) is 31.3 Å². The zero-order chi connectivity index (χ0) is 18.3. The molecule has 1 aromatic carbocycles. The van der Waals surface area contributed by atoms with E-state index in [1.807, 2.05) is 11.7 Å². The molecule has 4 rings (SSSR count). The molecule has 0 amide bonds. The number of benzene rings is 1. The molecule has 0 aliphatic carbocycles. The number of aromatic nitrogens is 2. The molecule has 2 aromatic rings. The number of piperidine rings is 1. The summed E-state index contributed by atoms with van der Waals surface area (Å²) >= 11 is 0. The number of sulfonamides is 1. The molecule has 2 aliphatic heterocycles. The van der Waals surface area contributed by atoms with Crippen LogP contribution in [-0.4, -0.2) is 35.7 Å². The highest BCUT2D eigenvalue weighted by molar-refractivity contribution is 7.89. The maximum absolute atomic E-state index is 13.2. The van der Waals surface area contributed by atoms with Gasteiger partial charge in [0.25, 0.3) is 0 Å². The molecular weight excluding hydrogens is 357 g/mol. The van der Waals surface area contributed by atoms with Gasteiger partial charge < -0.3 is 4.74 Å². The number of fused-ring (bicyclic) bond motifs is 1. The van der Waals surface area contributed by atoms with Gasteiger partial charge in [-0.25, -0.2) is 12.8 Å². The van der Waals surface area contributed by atoms with Crippen LogP contribution in [0.4, 0.5) is 4.39 Å². The van der Waals surface area contributed by atoms with Crippen LogP contribution in [0.1, 0.15) is 42.3 Å². The summed E-state index contributed by atoms with van der Waals surface area (Å²) in [5.74, 6) is -0.449. The fraction of sp³-hybridized carbons (Fsp3) is 0.500.